The van der Waals surface area contributed by atoms with Crippen molar-refractivity contribution in [2.75, 3.05) is 11.9 Å². The highest BCUT2D eigenvalue weighted by atomic mass is 32.2. The molecule has 1 aromatic carbocycles. The Bertz CT molecular complexity index is 399. The predicted molar refractivity (Wildman–Crippen MR) is 73.5 cm³/mol. The van der Waals surface area contributed by atoms with Gasteiger partial charge in [0.1, 0.15) is 0 Å². The van der Waals surface area contributed by atoms with Crippen molar-refractivity contribution in [1.29, 1.82) is 0 Å². The van der Waals surface area contributed by atoms with Crippen molar-refractivity contribution in [2.24, 2.45) is 4.99 Å². The Hall–Kier alpha value is -0.960. The summed E-state index contributed by atoms with van der Waals surface area (Å²) in [6.07, 6.45) is 0. The second-order valence-electron chi connectivity index (χ2n) is 4.48. The van der Waals surface area contributed by atoms with E-state index >= 15 is 0 Å². The number of hydrogen-bond donors (Lipinski definition) is 1. The highest BCUT2D eigenvalue weighted by Crippen LogP contribution is 2.24. The van der Waals surface area contributed by atoms with Crippen molar-refractivity contribution in [3.63, 3.8) is 0 Å². The summed E-state index contributed by atoms with van der Waals surface area (Å²) in [6, 6.07) is 8.57. The molecular weight excluding hydrogens is 216 g/mol. The maximum Gasteiger partial charge on any atom is 0.161 e. The van der Waals surface area contributed by atoms with E-state index in [0.717, 1.165) is 17.4 Å². The van der Waals surface area contributed by atoms with Crippen molar-refractivity contribution in [2.45, 2.75) is 31.9 Å². The Labute approximate surface area is 102 Å². The van der Waals surface area contributed by atoms with Crippen molar-refractivity contribution >= 4 is 22.6 Å². The molecule has 1 N–H and O–H groups in total. The lowest BCUT2D eigenvalue weighted by molar-refractivity contribution is 0.867. The normalized spacial score (nSPS) is 20.0. The Morgan fingerprint density at radius 3 is 2.88 bits per heavy atom. The third-order valence-electron chi connectivity index (χ3n) is 2.61. The van der Waals surface area contributed by atoms with Crippen LogP contribution < -0.4 is 5.32 Å². The van der Waals surface area contributed by atoms with E-state index < -0.39 is 0 Å². The summed E-state index contributed by atoms with van der Waals surface area (Å²) < 4.78 is 0. The molecule has 0 spiro atoms. The maximum absolute atomic E-state index is 4.46. The van der Waals surface area contributed by atoms with Crippen LogP contribution in [0.4, 0.5) is 5.69 Å². The van der Waals surface area contributed by atoms with Crippen molar-refractivity contribution in [1.82, 2.24) is 0 Å². The van der Waals surface area contributed by atoms with Gasteiger partial charge in [0.15, 0.2) is 5.17 Å². The predicted octanol–water partition coefficient (Wildman–Crippen LogP) is 3.71. The van der Waals surface area contributed by atoms with E-state index in [-0.39, 0.29) is 0 Å². The second kappa shape index (κ2) is 4.91. The topological polar surface area (TPSA) is 24.4 Å². The number of aliphatic imine (C=N–C) groups is 1. The minimum absolute atomic E-state index is 0.568. The molecule has 0 saturated carbocycles. The van der Waals surface area contributed by atoms with Crippen molar-refractivity contribution < 1.29 is 0 Å². The summed E-state index contributed by atoms with van der Waals surface area (Å²) in [5.41, 5.74) is 2.51. The van der Waals surface area contributed by atoms with E-state index in [9.17, 15) is 0 Å². The standard InChI is InChI=1S/C13H18N2S/c1-9(2)11-5-4-6-12(7-11)15-13-14-8-10(3)16-13/h4-7,9-10H,8H2,1-3H3,(H,14,15). The molecular formula is C13H18N2S. The fraction of sp³-hybridized carbons (Fsp3) is 0.462. The smallest absolute Gasteiger partial charge is 0.161 e. The van der Waals surface area contributed by atoms with Crippen LogP contribution in [0, 0.1) is 0 Å². The van der Waals surface area contributed by atoms with Crippen LogP contribution in [0.15, 0.2) is 29.3 Å². The first kappa shape index (κ1) is 11.5. The number of anilines is 1. The van der Waals surface area contributed by atoms with Gasteiger partial charge >= 0.3 is 0 Å². The number of hydrogen-bond acceptors (Lipinski definition) is 3. The Kier molecular flexibility index (Phi) is 3.54. The van der Waals surface area contributed by atoms with Gasteiger partial charge in [0.25, 0.3) is 0 Å². The first-order valence-corrected chi connectivity index (χ1v) is 6.61. The van der Waals surface area contributed by atoms with E-state index in [0.29, 0.717) is 11.2 Å². The molecule has 0 saturated heterocycles. The van der Waals surface area contributed by atoms with E-state index in [1.807, 2.05) is 11.8 Å². The molecule has 86 valence electrons. The Balaban J connectivity index is 2.07. The molecule has 1 atom stereocenters. The molecule has 1 aliphatic rings. The number of benzene rings is 1. The Morgan fingerprint density at radius 2 is 2.25 bits per heavy atom. The van der Waals surface area contributed by atoms with Gasteiger partial charge in [0, 0.05) is 10.9 Å². The molecule has 0 amide bonds. The van der Waals surface area contributed by atoms with E-state index in [1.165, 1.54) is 5.56 Å². The van der Waals surface area contributed by atoms with E-state index in [2.05, 4.69) is 55.3 Å². The molecule has 1 aliphatic heterocycles. The second-order valence-corrected chi connectivity index (χ2v) is 5.91. The minimum atomic E-state index is 0.568. The molecule has 1 heterocycles. The fourth-order valence-electron chi connectivity index (χ4n) is 1.64. The quantitative estimate of drug-likeness (QED) is 0.843. The summed E-state index contributed by atoms with van der Waals surface area (Å²) in [4.78, 5) is 4.46. The molecule has 3 heteroatoms. The lowest BCUT2D eigenvalue weighted by Gasteiger charge is -2.10. The number of amidine groups is 1. The molecule has 16 heavy (non-hydrogen) atoms. The van der Waals surface area contributed by atoms with Crippen LogP contribution in [-0.2, 0) is 0 Å². The third kappa shape index (κ3) is 2.79. The van der Waals surface area contributed by atoms with Crippen molar-refractivity contribution in [3.8, 4) is 0 Å². The van der Waals surface area contributed by atoms with Gasteiger partial charge in [-0.3, -0.25) is 4.99 Å². The molecule has 0 aliphatic carbocycles. The maximum atomic E-state index is 4.46. The largest absolute Gasteiger partial charge is 0.335 e. The number of thioether (sulfide) groups is 1. The number of nitrogens with one attached hydrogen (secondary N) is 1. The fourth-order valence-corrected chi connectivity index (χ4v) is 2.50. The van der Waals surface area contributed by atoms with Gasteiger partial charge in [0.2, 0.25) is 0 Å². The van der Waals surface area contributed by atoms with Gasteiger partial charge in [-0.1, -0.05) is 44.7 Å². The van der Waals surface area contributed by atoms with Crippen LogP contribution in [-0.4, -0.2) is 17.0 Å². The van der Waals surface area contributed by atoms with Gasteiger partial charge in [-0.15, -0.1) is 0 Å². The van der Waals surface area contributed by atoms with Gasteiger partial charge in [0.05, 0.1) is 6.54 Å². The average molecular weight is 234 g/mol. The first-order chi connectivity index (χ1) is 7.65. The van der Waals surface area contributed by atoms with Gasteiger partial charge < -0.3 is 5.32 Å². The van der Waals surface area contributed by atoms with Crippen LogP contribution in [0.25, 0.3) is 0 Å². The highest BCUT2D eigenvalue weighted by Gasteiger charge is 2.14. The van der Waals surface area contributed by atoms with Crippen molar-refractivity contribution in [3.05, 3.63) is 29.8 Å². The summed E-state index contributed by atoms with van der Waals surface area (Å²) in [7, 11) is 0. The monoisotopic (exact) mass is 234 g/mol. The molecule has 0 bridgehead atoms. The molecule has 0 radical (unpaired) electrons. The zero-order valence-electron chi connectivity index (χ0n) is 10.0. The van der Waals surface area contributed by atoms with Gasteiger partial charge in [-0.05, 0) is 23.6 Å². The van der Waals surface area contributed by atoms with E-state index in [4.69, 9.17) is 0 Å². The average Bonchev–Trinajstić information content (AvgIpc) is 2.64. The number of rotatable bonds is 2. The van der Waals surface area contributed by atoms with Crippen LogP contribution >= 0.6 is 11.8 Å². The van der Waals surface area contributed by atoms with Crippen LogP contribution in [0.5, 0.6) is 0 Å². The lowest BCUT2D eigenvalue weighted by Crippen LogP contribution is -2.06. The zero-order valence-corrected chi connectivity index (χ0v) is 10.8. The third-order valence-corrected chi connectivity index (χ3v) is 3.62. The molecule has 2 nitrogen and oxygen atoms in total. The van der Waals surface area contributed by atoms with Crippen LogP contribution in [0.2, 0.25) is 0 Å². The van der Waals surface area contributed by atoms with Crippen LogP contribution in [0.1, 0.15) is 32.3 Å². The summed E-state index contributed by atoms with van der Waals surface area (Å²) in [5.74, 6) is 0.568. The molecule has 1 unspecified atom stereocenters. The highest BCUT2D eigenvalue weighted by molar-refractivity contribution is 8.15. The van der Waals surface area contributed by atoms with E-state index in [1.54, 1.807) is 0 Å². The molecule has 0 aromatic heterocycles. The summed E-state index contributed by atoms with van der Waals surface area (Å²) in [6.45, 7) is 7.55. The lowest BCUT2D eigenvalue weighted by atomic mass is 10.0. The number of nitrogens with zero attached hydrogens (tertiary/aromatic N) is 1. The summed E-state index contributed by atoms with van der Waals surface area (Å²) in [5, 5.41) is 5.04. The summed E-state index contributed by atoms with van der Waals surface area (Å²) >= 11 is 1.81. The SMILES string of the molecule is CC1CN=C(Nc2cccc(C(C)C)c2)S1. The molecule has 2 rings (SSSR count). The first-order valence-electron chi connectivity index (χ1n) is 5.73. The Morgan fingerprint density at radius 1 is 1.44 bits per heavy atom. The van der Waals surface area contributed by atoms with Gasteiger partial charge in [-0.2, -0.15) is 0 Å². The van der Waals surface area contributed by atoms with Gasteiger partial charge in [-0.25, -0.2) is 0 Å². The molecule has 1 aromatic rings. The minimum Gasteiger partial charge on any atom is -0.335 e. The zero-order chi connectivity index (χ0) is 11.5. The molecule has 0 fully saturated rings. The van der Waals surface area contributed by atoms with Crippen LogP contribution in [0.3, 0.4) is 0 Å².